The Morgan fingerprint density at radius 3 is 2.55 bits per heavy atom. The molecule has 112 valence electrons. The van der Waals surface area contributed by atoms with E-state index < -0.39 is 16.0 Å². The number of carboxylic acid groups (broad SMARTS) is 1. The van der Waals surface area contributed by atoms with Gasteiger partial charge in [-0.05, 0) is 19.9 Å². The fourth-order valence-electron chi connectivity index (χ4n) is 1.50. The first-order valence-corrected chi connectivity index (χ1v) is 8.18. The molecule has 1 aromatic heterocycles. The molecule has 0 atom stereocenters. The van der Waals surface area contributed by atoms with Gasteiger partial charge in [0, 0.05) is 24.4 Å². The van der Waals surface area contributed by atoms with E-state index in [9.17, 15) is 18.0 Å². The van der Waals surface area contributed by atoms with Gasteiger partial charge in [0.1, 0.15) is 4.88 Å². The average molecular weight is 320 g/mol. The van der Waals surface area contributed by atoms with E-state index >= 15 is 0 Å². The topological polar surface area (TPSA) is 113 Å². The Morgan fingerprint density at radius 2 is 2.05 bits per heavy atom. The highest BCUT2D eigenvalue weighted by atomic mass is 32.2. The van der Waals surface area contributed by atoms with Gasteiger partial charge in [-0.1, -0.05) is 0 Å². The van der Waals surface area contributed by atoms with Crippen LogP contribution in [0.3, 0.4) is 0 Å². The Hall–Kier alpha value is -1.45. The van der Waals surface area contributed by atoms with Gasteiger partial charge in [0.2, 0.25) is 15.9 Å². The first-order chi connectivity index (χ1) is 9.27. The molecule has 7 nitrogen and oxygen atoms in total. The highest BCUT2D eigenvalue weighted by Crippen LogP contribution is 2.25. The van der Waals surface area contributed by atoms with Gasteiger partial charge in [-0.15, -0.1) is 11.3 Å². The van der Waals surface area contributed by atoms with Gasteiger partial charge in [0.25, 0.3) is 0 Å². The number of carbonyl (C=O) groups is 2. The van der Waals surface area contributed by atoms with Crippen molar-refractivity contribution in [1.82, 2.24) is 10.0 Å². The predicted octanol–water partition coefficient (Wildman–Crippen LogP) is 0.559. The molecule has 0 aliphatic carbocycles. The summed E-state index contributed by atoms with van der Waals surface area (Å²) in [6.45, 7) is 3.75. The zero-order valence-electron chi connectivity index (χ0n) is 11.1. The van der Waals surface area contributed by atoms with Crippen LogP contribution in [0.2, 0.25) is 0 Å². The molecule has 0 aliphatic heterocycles. The lowest BCUT2D eigenvalue weighted by molar-refractivity contribution is -0.120. The molecule has 1 heterocycles. The normalized spacial score (nSPS) is 11.3. The van der Waals surface area contributed by atoms with Gasteiger partial charge in [-0.25, -0.2) is 17.9 Å². The van der Waals surface area contributed by atoms with Gasteiger partial charge in [0.05, 0.1) is 4.90 Å². The summed E-state index contributed by atoms with van der Waals surface area (Å²) < 4.78 is 26.3. The summed E-state index contributed by atoms with van der Waals surface area (Å²) in [7, 11) is -3.80. The highest BCUT2D eigenvalue weighted by Gasteiger charge is 2.21. The molecule has 1 rings (SSSR count). The molecule has 0 bridgehead atoms. The lowest BCUT2D eigenvalue weighted by Crippen LogP contribution is -2.30. The third kappa shape index (κ3) is 4.29. The number of hydrogen-bond donors (Lipinski definition) is 3. The number of rotatable bonds is 7. The first kappa shape index (κ1) is 16.6. The Labute approximate surface area is 121 Å². The van der Waals surface area contributed by atoms with Crippen molar-refractivity contribution in [3.63, 3.8) is 0 Å². The second kappa shape index (κ2) is 6.82. The Balaban J connectivity index is 2.74. The Morgan fingerprint density at radius 1 is 1.40 bits per heavy atom. The van der Waals surface area contributed by atoms with E-state index in [1.807, 2.05) is 0 Å². The van der Waals surface area contributed by atoms with Crippen LogP contribution in [-0.2, 0) is 14.8 Å². The highest BCUT2D eigenvalue weighted by molar-refractivity contribution is 7.89. The molecule has 3 N–H and O–H groups in total. The molecular formula is C11H16N2O5S2. The summed E-state index contributed by atoms with van der Waals surface area (Å²) in [5, 5.41) is 11.4. The molecule has 20 heavy (non-hydrogen) atoms. The van der Waals surface area contributed by atoms with Gasteiger partial charge in [0.15, 0.2) is 0 Å². The van der Waals surface area contributed by atoms with Crippen molar-refractivity contribution in [2.75, 3.05) is 13.1 Å². The van der Waals surface area contributed by atoms with Crippen molar-refractivity contribution in [2.24, 2.45) is 0 Å². The maximum absolute atomic E-state index is 12.0. The summed E-state index contributed by atoms with van der Waals surface area (Å²) in [4.78, 5) is 22.3. The smallest absolute Gasteiger partial charge is 0.345 e. The zero-order chi connectivity index (χ0) is 15.3. The summed E-state index contributed by atoms with van der Waals surface area (Å²) in [6, 6.07) is 1.12. The van der Waals surface area contributed by atoms with Crippen molar-refractivity contribution >= 4 is 33.2 Å². The number of carbonyl (C=O) groups excluding carboxylic acids is 1. The maximum Gasteiger partial charge on any atom is 0.345 e. The molecule has 0 radical (unpaired) electrons. The molecule has 0 aliphatic rings. The lowest BCUT2D eigenvalue weighted by atomic mass is 10.4. The molecule has 0 saturated heterocycles. The standard InChI is InChI=1S/C11H16N2O5S2/c1-3-12-10(14)4-5-13-20(17,18)9-6-8(11(15)16)19-7(9)2/h6,13H,3-5H2,1-2H3,(H,12,14)(H,15,16). The van der Waals surface area contributed by atoms with Crippen LogP contribution in [0, 0.1) is 6.92 Å². The number of nitrogens with one attached hydrogen (secondary N) is 2. The average Bonchev–Trinajstić information content (AvgIpc) is 2.72. The summed E-state index contributed by atoms with van der Waals surface area (Å²) >= 11 is 0.899. The summed E-state index contributed by atoms with van der Waals surface area (Å²) in [5.41, 5.74) is 0. The van der Waals surface area contributed by atoms with Gasteiger partial charge in [-0.2, -0.15) is 0 Å². The number of aryl methyl sites for hydroxylation is 1. The minimum absolute atomic E-state index is 0.0298. The van der Waals surface area contributed by atoms with Crippen LogP contribution in [0.15, 0.2) is 11.0 Å². The van der Waals surface area contributed by atoms with Crippen LogP contribution in [0.4, 0.5) is 0 Å². The van der Waals surface area contributed by atoms with Crippen LogP contribution in [0.5, 0.6) is 0 Å². The third-order valence-corrected chi connectivity index (χ3v) is 5.15. The number of thiophene rings is 1. The van der Waals surface area contributed by atoms with E-state index in [0.29, 0.717) is 11.4 Å². The second-order valence-corrected chi connectivity index (χ2v) is 6.93. The number of carboxylic acids is 1. The SMILES string of the molecule is CCNC(=O)CCNS(=O)(=O)c1cc(C(=O)O)sc1C. The lowest BCUT2D eigenvalue weighted by Gasteiger charge is -2.06. The van der Waals surface area contributed by atoms with Crippen LogP contribution in [0.25, 0.3) is 0 Å². The molecule has 1 aromatic rings. The maximum atomic E-state index is 12.0. The molecule has 1 amide bonds. The zero-order valence-corrected chi connectivity index (χ0v) is 12.7. The fraction of sp³-hybridized carbons (Fsp3) is 0.455. The third-order valence-electron chi connectivity index (χ3n) is 2.39. The van der Waals surface area contributed by atoms with E-state index in [0.717, 1.165) is 17.4 Å². The van der Waals surface area contributed by atoms with Crippen molar-refractivity contribution in [1.29, 1.82) is 0 Å². The number of amides is 1. The summed E-state index contributed by atoms with van der Waals surface area (Å²) in [5.74, 6) is -1.41. The molecule has 0 aromatic carbocycles. The van der Waals surface area contributed by atoms with Crippen molar-refractivity contribution in [3.05, 3.63) is 15.8 Å². The molecule has 0 unspecified atom stereocenters. The Kier molecular flexibility index (Phi) is 5.66. The van der Waals surface area contributed by atoms with E-state index in [-0.39, 0.29) is 28.6 Å². The molecule has 9 heteroatoms. The summed E-state index contributed by atoms with van der Waals surface area (Å²) in [6.07, 6.45) is 0.0298. The van der Waals surface area contributed by atoms with Crippen LogP contribution in [0.1, 0.15) is 27.9 Å². The van der Waals surface area contributed by atoms with E-state index in [4.69, 9.17) is 5.11 Å². The minimum Gasteiger partial charge on any atom is -0.477 e. The molecular weight excluding hydrogens is 304 g/mol. The fourth-order valence-corrected chi connectivity index (χ4v) is 3.96. The molecule has 0 fully saturated rings. The molecule has 0 saturated carbocycles. The molecule has 0 spiro atoms. The van der Waals surface area contributed by atoms with Crippen LogP contribution < -0.4 is 10.0 Å². The van der Waals surface area contributed by atoms with E-state index in [1.54, 1.807) is 6.92 Å². The quantitative estimate of drug-likeness (QED) is 0.679. The number of hydrogen-bond acceptors (Lipinski definition) is 5. The van der Waals surface area contributed by atoms with E-state index in [2.05, 4.69) is 10.0 Å². The monoisotopic (exact) mass is 320 g/mol. The van der Waals surface area contributed by atoms with Crippen molar-refractivity contribution in [3.8, 4) is 0 Å². The van der Waals surface area contributed by atoms with Gasteiger partial charge < -0.3 is 10.4 Å². The van der Waals surface area contributed by atoms with Crippen molar-refractivity contribution < 1.29 is 23.1 Å². The van der Waals surface area contributed by atoms with Gasteiger partial charge >= 0.3 is 5.97 Å². The van der Waals surface area contributed by atoms with Crippen LogP contribution >= 0.6 is 11.3 Å². The minimum atomic E-state index is -3.80. The second-order valence-electron chi connectivity index (χ2n) is 3.94. The van der Waals surface area contributed by atoms with E-state index in [1.165, 1.54) is 6.92 Å². The predicted molar refractivity (Wildman–Crippen MR) is 74.5 cm³/mol. The first-order valence-electron chi connectivity index (χ1n) is 5.88. The number of aromatic carboxylic acids is 1. The number of sulfonamides is 1. The Bertz CT molecular complexity index is 606. The largest absolute Gasteiger partial charge is 0.477 e. The van der Waals surface area contributed by atoms with Crippen molar-refractivity contribution in [2.45, 2.75) is 25.2 Å². The van der Waals surface area contributed by atoms with Gasteiger partial charge in [-0.3, -0.25) is 4.79 Å². The van der Waals surface area contributed by atoms with Crippen LogP contribution in [-0.4, -0.2) is 38.5 Å².